The Kier molecular flexibility index (Phi) is 5.03. The maximum absolute atomic E-state index is 12.5. The number of amides is 1. The van der Waals surface area contributed by atoms with Gasteiger partial charge in [-0.05, 0) is 45.4 Å². The van der Waals surface area contributed by atoms with Gasteiger partial charge in [-0.15, -0.1) is 0 Å². The maximum Gasteiger partial charge on any atom is 0.255 e. The second-order valence-corrected chi connectivity index (χ2v) is 7.66. The van der Waals surface area contributed by atoms with E-state index in [2.05, 4.69) is 10.0 Å². The van der Waals surface area contributed by atoms with E-state index in [9.17, 15) is 13.2 Å². The van der Waals surface area contributed by atoms with Crippen LogP contribution in [0.15, 0.2) is 28.7 Å². The zero-order chi connectivity index (χ0) is 18.1. The predicted molar refractivity (Wildman–Crippen MR) is 93.7 cm³/mol. The first-order valence-corrected chi connectivity index (χ1v) is 9.43. The van der Waals surface area contributed by atoms with Gasteiger partial charge in [0.05, 0.1) is 17.9 Å². The van der Waals surface area contributed by atoms with E-state index in [0.29, 0.717) is 17.0 Å². The van der Waals surface area contributed by atoms with Crippen LogP contribution in [0.3, 0.4) is 0 Å². The highest BCUT2D eigenvalue weighted by molar-refractivity contribution is 7.92. The topological polar surface area (TPSA) is 88.4 Å². The zero-order valence-corrected chi connectivity index (χ0v) is 15.2. The molecule has 1 aromatic carbocycles. The van der Waals surface area contributed by atoms with E-state index in [1.54, 1.807) is 25.1 Å². The van der Waals surface area contributed by atoms with Gasteiger partial charge in [-0.25, -0.2) is 8.42 Å². The number of carbonyl (C=O) groups excluding carboxylic acids is 1. The average molecular weight is 350 g/mol. The molecule has 0 aliphatic heterocycles. The van der Waals surface area contributed by atoms with Crippen molar-refractivity contribution in [2.75, 3.05) is 11.0 Å². The van der Waals surface area contributed by atoms with Crippen LogP contribution in [0.5, 0.6) is 0 Å². The third-order valence-corrected chi connectivity index (χ3v) is 4.43. The van der Waals surface area contributed by atoms with Crippen LogP contribution >= 0.6 is 0 Å². The number of sulfonamides is 1. The van der Waals surface area contributed by atoms with Crippen LogP contribution in [0.4, 0.5) is 5.69 Å². The van der Waals surface area contributed by atoms with Crippen molar-refractivity contribution in [2.24, 2.45) is 0 Å². The molecule has 130 valence electrons. The summed E-state index contributed by atoms with van der Waals surface area (Å²) >= 11 is 0. The van der Waals surface area contributed by atoms with Crippen LogP contribution < -0.4 is 10.0 Å². The van der Waals surface area contributed by atoms with Gasteiger partial charge in [0.1, 0.15) is 11.5 Å². The Labute approximate surface area is 142 Å². The molecule has 7 heteroatoms. The normalized spacial score (nSPS) is 12.7. The molecule has 1 heterocycles. The standard InChI is InChI=1S/C17H22N2O4S/c1-10-12(3)23-13(4)16(10)17(20)18-11(2)14-7-6-8-15(9-14)19-24(5,21)22/h6-9,11,19H,1-5H3,(H,18,20)/t11-/m1/s1. The van der Waals surface area contributed by atoms with Gasteiger partial charge in [-0.3, -0.25) is 9.52 Å². The first-order chi connectivity index (χ1) is 11.1. The van der Waals surface area contributed by atoms with Gasteiger partial charge >= 0.3 is 0 Å². The average Bonchev–Trinajstić information content (AvgIpc) is 2.70. The van der Waals surface area contributed by atoms with E-state index in [4.69, 9.17) is 4.42 Å². The summed E-state index contributed by atoms with van der Waals surface area (Å²) in [6.07, 6.45) is 1.09. The Bertz CT molecular complexity index is 869. The predicted octanol–water partition coefficient (Wildman–Crippen LogP) is 3.07. The molecule has 0 radical (unpaired) electrons. The Morgan fingerprint density at radius 1 is 1.17 bits per heavy atom. The van der Waals surface area contributed by atoms with Crippen LogP contribution in [-0.4, -0.2) is 20.6 Å². The number of aryl methyl sites for hydroxylation is 2. The molecule has 2 N–H and O–H groups in total. The molecule has 1 atom stereocenters. The van der Waals surface area contributed by atoms with Crippen LogP contribution in [0, 0.1) is 20.8 Å². The van der Waals surface area contributed by atoms with E-state index in [1.165, 1.54) is 0 Å². The van der Waals surface area contributed by atoms with Crippen molar-refractivity contribution >= 4 is 21.6 Å². The van der Waals surface area contributed by atoms with Crippen molar-refractivity contribution in [1.29, 1.82) is 0 Å². The summed E-state index contributed by atoms with van der Waals surface area (Å²) in [5, 5.41) is 2.92. The maximum atomic E-state index is 12.5. The molecule has 6 nitrogen and oxygen atoms in total. The minimum Gasteiger partial charge on any atom is -0.466 e. The zero-order valence-electron chi connectivity index (χ0n) is 14.4. The number of hydrogen-bond acceptors (Lipinski definition) is 4. The monoisotopic (exact) mass is 350 g/mol. The van der Waals surface area contributed by atoms with Gasteiger partial charge in [-0.2, -0.15) is 0 Å². The molecule has 0 saturated carbocycles. The van der Waals surface area contributed by atoms with Crippen LogP contribution in [-0.2, 0) is 10.0 Å². The number of nitrogens with one attached hydrogen (secondary N) is 2. The van der Waals surface area contributed by atoms with Crippen LogP contribution in [0.2, 0.25) is 0 Å². The fourth-order valence-electron chi connectivity index (χ4n) is 2.57. The van der Waals surface area contributed by atoms with Crippen molar-refractivity contribution in [3.8, 4) is 0 Å². The third-order valence-electron chi connectivity index (χ3n) is 3.83. The molecule has 1 amide bonds. The summed E-state index contributed by atoms with van der Waals surface area (Å²) in [5.74, 6) is 1.10. The summed E-state index contributed by atoms with van der Waals surface area (Å²) in [4.78, 5) is 12.5. The molecule has 0 unspecified atom stereocenters. The molecule has 0 saturated heterocycles. The molecule has 2 rings (SSSR count). The molecule has 0 aliphatic carbocycles. The summed E-state index contributed by atoms with van der Waals surface area (Å²) in [5.41, 5.74) is 2.63. The second-order valence-electron chi connectivity index (χ2n) is 5.91. The molecule has 1 aromatic heterocycles. The first-order valence-electron chi connectivity index (χ1n) is 7.53. The Balaban J connectivity index is 2.19. The highest BCUT2D eigenvalue weighted by Gasteiger charge is 2.20. The Morgan fingerprint density at radius 2 is 1.83 bits per heavy atom. The summed E-state index contributed by atoms with van der Waals surface area (Å²) < 4.78 is 30.6. The lowest BCUT2D eigenvalue weighted by Crippen LogP contribution is -2.27. The van der Waals surface area contributed by atoms with Gasteiger partial charge < -0.3 is 9.73 Å². The van der Waals surface area contributed by atoms with Crippen molar-refractivity contribution in [1.82, 2.24) is 5.32 Å². The molecule has 0 spiro atoms. The van der Waals surface area contributed by atoms with Crippen LogP contribution in [0.25, 0.3) is 0 Å². The van der Waals surface area contributed by atoms with Gasteiger partial charge in [0.25, 0.3) is 5.91 Å². The minimum absolute atomic E-state index is 0.212. The van der Waals surface area contributed by atoms with E-state index >= 15 is 0 Å². The number of anilines is 1. The SMILES string of the molecule is Cc1oc(C)c(C(=O)N[C@H](C)c2cccc(NS(C)(=O)=O)c2)c1C. The largest absolute Gasteiger partial charge is 0.466 e. The van der Waals surface area contributed by atoms with Crippen molar-refractivity contribution < 1.29 is 17.6 Å². The second kappa shape index (κ2) is 6.68. The highest BCUT2D eigenvalue weighted by atomic mass is 32.2. The van der Waals surface area contributed by atoms with E-state index in [-0.39, 0.29) is 11.9 Å². The number of furan rings is 1. The molecular formula is C17H22N2O4S. The van der Waals surface area contributed by atoms with E-state index in [1.807, 2.05) is 26.8 Å². The molecule has 0 aliphatic rings. The molecule has 24 heavy (non-hydrogen) atoms. The number of benzene rings is 1. The number of rotatable bonds is 5. The molecule has 0 bridgehead atoms. The van der Waals surface area contributed by atoms with Crippen molar-refractivity contribution in [3.05, 3.63) is 52.5 Å². The third kappa shape index (κ3) is 4.17. The lowest BCUT2D eigenvalue weighted by molar-refractivity contribution is 0.0938. The van der Waals surface area contributed by atoms with Gasteiger partial charge in [0.2, 0.25) is 10.0 Å². The highest BCUT2D eigenvalue weighted by Crippen LogP contribution is 2.23. The van der Waals surface area contributed by atoms with Gasteiger partial charge in [-0.1, -0.05) is 12.1 Å². The summed E-state index contributed by atoms with van der Waals surface area (Å²) in [7, 11) is -3.34. The quantitative estimate of drug-likeness (QED) is 0.867. The van der Waals surface area contributed by atoms with Gasteiger partial charge in [0, 0.05) is 11.3 Å². The fourth-order valence-corrected chi connectivity index (χ4v) is 3.12. The summed E-state index contributed by atoms with van der Waals surface area (Å²) in [6, 6.07) is 6.65. The summed E-state index contributed by atoms with van der Waals surface area (Å²) in [6.45, 7) is 7.27. The van der Waals surface area contributed by atoms with Crippen molar-refractivity contribution in [2.45, 2.75) is 33.7 Å². The smallest absolute Gasteiger partial charge is 0.255 e. The van der Waals surface area contributed by atoms with Crippen molar-refractivity contribution in [3.63, 3.8) is 0 Å². The van der Waals surface area contributed by atoms with Gasteiger partial charge in [0.15, 0.2) is 0 Å². The van der Waals surface area contributed by atoms with E-state index in [0.717, 1.165) is 23.1 Å². The lowest BCUT2D eigenvalue weighted by Gasteiger charge is -2.16. The number of carbonyl (C=O) groups is 1. The number of hydrogen-bond donors (Lipinski definition) is 2. The fraction of sp³-hybridized carbons (Fsp3) is 0.353. The molecule has 0 fully saturated rings. The van der Waals surface area contributed by atoms with E-state index < -0.39 is 10.0 Å². The first kappa shape index (κ1) is 18.1. The Morgan fingerprint density at radius 3 is 2.38 bits per heavy atom. The lowest BCUT2D eigenvalue weighted by atomic mass is 10.1. The molecule has 2 aromatic rings. The van der Waals surface area contributed by atoms with Crippen LogP contribution in [0.1, 0.15) is 46.0 Å². The molecular weight excluding hydrogens is 328 g/mol. The minimum atomic E-state index is -3.34. The Hall–Kier alpha value is -2.28.